The number of Topliss-reactive ketones (excluding diaryl/α,β-unsaturated/α-hetero) is 1. The van der Waals surface area contributed by atoms with Gasteiger partial charge in [0.1, 0.15) is 5.75 Å². The Morgan fingerprint density at radius 1 is 1.29 bits per heavy atom. The molecule has 2 saturated heterocycles. The van der Waals surface area contributed by atoms with E-state index in [1.54, 1.807) is 31.4 Å². The zero-order valence-electron chi connectivity index (χ0n) is 13.2. The van der Waals surface area contributed by atoms with Gasteiger partial charge in [0.05, 0.1) is 43.3 Å². The Morgan fingerprint density at radius 2 is 2.00 bits per heavy atom. The molecule has 1 saturated carbocycles. The molecule has 6 heteroatoms. The van der Waals surface area contributed by atoms with E-state index < -0.39 is 23.0 Å². The van der Waals surface area contributed by atoms with Gasteiger partial charge in [-0.3, -0.25) is 4.79 Å². The number of nitrogens with zero attached hydrogens (tertiary/aromatic N) is 2. The molecule has 0 amide bonds. The largest absolute Gasteiger partial charge is 0.497 e. The van der Waals surface area contributed by atoms with Crippen molar-refractivity contribution >= 4 is 5.78 Å². The summed E-state index contributed by atoms with van der Waals surface area (Å²) in [6, 6.07) is 10.9. The first-order chi connectivity index (χ1) is 11.6. The minimum Gasteiger partial charge on any atom is -0.497 e. The van der Waals surface area contributed by atoms with Gasteiger partial charge in [-0.2, -0.15) is 10.5 Å². The lowest BCUT2D eigenvalue weighted by Gasteiger charge is -2.29. The van der Waals surface area contributed by atoms with Crippen molar-refractivity contribution in [3.8, 4) is 17.9 Å². The summed E-state index contributed by atoms with van der Waals surface area (Å²) in [5.41, 5.74) is -1.78. The highest BCUT2D eigenvalue weighted by atomic mass is 16.7. The number of carbonyl (C=O) groups is 1. The van der Waals surface area contributed by atoms with E-state index in [0.717, 1.165) is 0 Å². The molecule has 4 atom stereocenters. The van der Waals surface area contributed by atoms with Crippen molar-refractivity contribution in [2.45, 2.75) is 25.2 Å². The van der Waals surface area contributed by atoms with Crippen LogP contribution >= 0.6 is 0 Å². The van der Waals surface area contributed by atoms with Gasteiger partial charge in [-0.05, 0) is 37.1 Å². The molecule has 1 spiro atoms. The van der Waals surface area contributed by atoms with Crippen molar-refractivity contribution in [3.63, 3.8) is 0 Å². The van der Waals surface area contributed by atoms with Gasteiger partial charge in [-0.25, -0.2) is 0 Å². The van der Waals surface area contributed by atoms with Gasteiger partial charge in [0.2, 0.25) is 0 Å². The number of benzene rings is 1. The average Bonchev–Trinajstić information content (AvgIpc) is 3.00. The second kappa shape index (κ2) is 5.04. The fourth-order valence-electron chi connectivity index (χ4n) is 4.32. The number of methoxy groups -OCH3 is 1. The van der Waals surface area contributed by atoms with Crippen LogP contribution in [0.3, 0.4) is 0 Å². The number of hydrogen-bond acceptors (Lipinski definition) is 6. The number of nitriles is 2. The Labute approximate surface area is 139 Å². The molecular weight excluding hydrogens is 308 g/mol. The monoisotopic (exact) mass is 324 g/mol. The number of carbonyl (C=O) groups excluding carboxylic acids is 1. The third-order valence-electron chi connectivity index (χ3n) is 5.64. The number of hydrogen-bond donors (Lipinski definition) is 0. The van der Waals surface area contributed by atoms with Gasteiger partial charge in [0, 0.05) is 5.56 Å². The molecule has 1 aromatic carbocycles. The summed E-state index contributed by atoms with van der Waals surface area (Å²) in [6.07, 6.45) is 0.653. The predicted molar refractivity (Wildman–Crippen MR) is 80.8 cm³/mol. The molecule has 0 aromatic heterocycles. The van der Waals surface area contributed by atoms with Crippen LogP contribution in [-0.2, 0) is 9.47 Å². The van der Waals surface area contributed by atoms with E-state index in [2.05, 4.69) is 12.1 Å². The Morgan fingerprint density at radius 3 is 2.62 bits per heavy atom. The summed E-state index contributed by atoms with van der Waals surface area (Å²) in [5, 5.41) is 19.4. The van der Waals surface area contributed by atoms with E-state index in [1.807, 2.05) is 0 Å². The lowest BCUT2D eigenvalue weighted by molar-refractivity contribution is -0.140. The van der Waals surface area contributed by atoms with E-state index in [1.165, 1.54) is 0 Å². The maximum Gasteiger partial charge on any atom is 0.169 e. The van der Waals surface area contributed by atoms with Crippen LogP contribution in [0.4, 0.5) is 0 Å². The van der Waals surface area contributed by atoms with E-state index in [-0.39, 0.29) is 11.9 Å². The maximum absolute atomic E-state index is 13.0. The number of rotatable bonds is 3. The van der Waals surface area contributed by atoms with Gasteiger partial charge >= 0.3 is 0 Å². The second-order valence-corrected chi connectivity index (χ2v) is 6.56. The van der Waals surface area contributed by atoms with Gasteiger partial charge < -0.3 is 14.2 Å². The summed E-state index contributed by atoms with van der Waals surface area (Å²) >= 11 is 0. The van der Waals surface area contributed by atoms with Crippen molar-refractivity contribution in [2.75, 3.05) is 13.7 Å². The van der Waals surface area contributed by atoms with Crippen LogP contribution in [0.2, 0.25) is 0 Å². The smallest absolute Gasteiger partial charge is 0.169 e. The van der Waals surface area contributed by atoms with E-state index in [4.69, 9.17) is 14.2 Å². The topological polar surface area (TPSA) is 92.3 Å². The summed E-state index contributed by atoms with van der Waals surface area (Å²) < 4.78 is 16.6. The molecule has 0 unspecified atom stereocenters. The Balaban J connectivity index is 1.72. The van der Waals surface area contributed by atoms with Gasteiger partial charge in [-0.1, -0.05) is 0 Å². The normalized spacial score (nSPS) is 35.0. The molecule has 2 bridgehead atoms. The molecule has 1 aromatic rings. The molecule has 6 nitrogen and oxygen atoms in total. The van der Waals surface area contributed by atoms with Crippen molar-refractivity contribution < 1.29 is 19.0 Å². The predicted octanol–water partition coefficient (Wildman–Crippen LogP) is 2.06. The molecule has 2 heterocycles. The molecule has 122 valence electrons. The van der Waals surface area contributed by atoms with Crippen LogP contribution < -0.4 is 4.74 Å². The third-order valence-corrected chi connectivity index (χ3v) is 5.64. The first-order valence-corrected chi connectivity index (χ1v) is 7.91. The maximum atomic E-state index is 13.0. The molecule has 4 rings (SSSR count). The van der Waals surface area contributed by atoms with Gasteiger partial charge in [0.15, 0.2) is 17.5 Å². The highest BCUT2D eigenvalue weighted by Gasteiger charge is 2.86. The fourth-order valence-corrected chi connectivity index (χ4v) is 4.32. The first kappa shape index (κ1) is 15.1. The SMILES string of the molecule is COc1ccc(C(=O)[C@H]2C(C#N)(C#N)[C@@]23CC[C@H]2CO[C@H]3O2)cc1. The molecule has 1 aliphatic carbocycles. The standard InChI is InChI=1S/C18H16N2O4/c1-22-12-4-2-11(3-5-12)14(21)15-17(9-19,10-20)18(15)7-6-13-8-23-16(18)24-13/h2-5,13,15-16H,6-8H2,1H3/t13-,15-,16-,18-/m0/s1. The third kappa shape index (κ3) is 1.67. The van der Waals surface area contributed by atoms with E-state index in [9.17, 15) is 15.3 Å². The van der Waals surface area contributed by atoms with Crippen LogP contribution in [0.1, 0.15) is 23.2 Å². The summed E-state index contributed by atoms with van der Waals surface area (Å²) in [6.45, 7) is 0.461. The summed E-state index contributed by atoms with van der Waals surface area (Å²) in [4.78, 5) is 13.0. The van der Waals surface area contributed by atoms with Crippen LogP contribution in [0, 0.1) is 39.4 Å². The van der Waals surface area contributed by atoms with Gasteiger partial charge in [0.25, 0.3) is 0 Å². The van der Waals surface area contributed by atoms with Gasteiger partial charge in [-0.15, -0.1) is 0 Å². The van der Waals surface area contributed by atoms with Crippen LogP contribution in [0.25, 0.3) is 0 Å². The lowest BCUT2D eigenvalue weighted by atomic mass is 9.86. The van der Waals surface area contributed by atoms with Crippen LogP contribution in [-0.4, -0.2) is 31.9 Å². The highest BCUT2D eigenvalue weighted by Crippen LogP contribution is 2.76. The molecule has 0 radical (unpaired) electrons. The van der Waals surface area contributed by atoms with Crippen molar-refractivity contribution in [3.05, 3.63) is 29.8 Å². The van der Waals surface area contributed by atoms with Crippen molar-refractivity contribution in [1.29, 1.82) is 10.5 Å². The molecular formula is C18H16N2O4. The average molecular weight is 324 g/mol. The highest BCUT2D eigenvalue weighted by molar-refractivity contribution is 6.02. The first-order valence-electron chi connectivity index (χ1n) is 7.91. The molecule has 0 N–H and O–H groups in total. The summed E-state index contributed by atoms with van der Waals surface area (Å²) in [5.74, 6) is -0.289. The van der Waals surface area contributed by atoms with Crippen LogP contribution in [0.5, 0.6) is 5.75 Å². The Hall–Kier alpha value is -2.41. The number of ketones is 1. The second-order valence-electron chi connectivity index (χ2n) is 6.56. The number of fused-ring (bicyclic) bond motifs is 3. The van der Waals surface area contributed by atoms with Crippen LogP contribution in [0.15, 0.2) is 24.3 Å². The molecule has 2 aliphatic heterocycles. The fraction of sp³-hybridized carbons (Fsp3) is 0.500. The minimum absolute atomic E-state index is 0.00745. The quantitative estimate of drug-likeness (QED) is 0.790. The Bertz CT molecular complexity index is 762. The molecule has 3 fully saturated rings. The Kier molecular flexibility index (Phi) is 3.18. The number of ether oxygens (including phenoxy) is 3. The van der Waals surface area contributed by atoms with E-state index in [0.29, 0.717) is 30.8 Å². The van der Waals surface area contributed by atoms with Crippen molar-refractivity contribution in [2.24, 2.45) is 16.7 Å². The zero-order chi connectivity index (χ0) is 16.9. The molecule has 3 aliphatic rings. The summed E-state index contributed by atoms with van der Waals surface area (Å²) in [7, 11) is 1.55. The van der Waals surface area contributed by atoms with Crippen molar-refractivity contribution in [1.82, 2.24) is 0 Å². The lowest BCUT2D eigenvalue weighted by Crippen LogP contribution is -2.35. The van der Waals surface area contributed by atoms with E-state index >= 15 is 0 Å². The zero-order valence-corrected chi connectivity index (χ0v) is 13.2. The molecule has 24 heavy (non-hydrogen) atoms. The minimum atomic E-state index is -1.38.